The number of rotatable bonds is 2. The van der Waals surface area contributed by atoms with Gasteiger partial charge in [0.05, 0.1) is 0 Å². The minimum atomic E-state index is -1.73. The maximum absolute atomic E-state index is 10.4. The van der Waals surface area contributed by atoms with Crippen LogP contribution >= 0.6 is 35.1 Å². The van der Waals surface area contributed by atoms with Crippen LogP contribution in [0.25, 0.3) is 0 Å². The van der Waals surface area contributed by atoms with Gasteiger partial charge in [-0.2, -0.15) is 0 Å². The Morgan fingerprint density at radius 1 is 1.67 bits per heavy atom. The van der Waals surface area contributed by atoms with E-state index in [9.17, 15) is 4.79 Å². The standard InChI is InChI=1S/C4H3Cl3O2/c1-2-4(5,6)3(8)9-7/h2H,1H2. The zero-order valence-electron chi connectivity index (χ0n) is 4.23. The summed E-state index contributed by atoms with van der Waals surface area (Å²) < 4.78 is 1.97. The summed E-state index contributed by atoms with van der Waals surface area (Å²) in [6, 6.07) is 0. The molecule has 0 amide bonds. The lowest BCUT2D eigenvalue weighted by Gasteiger charge is -2.07. The number of halogens is 3. The Kier molecular flexibility index (Phi) is 3.33. The number of alkyl halides is 2. The second kappa shape index (κ2) is 3.30. The van der Waals surface area contributed by atoms with Crippen molar-refractivity contribution in [2.75, 3.05) is 0 Å². The monoisotopic (exact) mass is 188 g/mol. The highest BCUT2D eigenvalue weighted by molar-refractivity contribution is 6.59. The maximum Gasteiger partial charge on any atom is 0.364 e. The van der Waals surface area contributed by atoms with Gasteiger partial charge in [0.1, 0.15) is 11.9 Å². The second-order valence-corrected chi connectivity index (χ2v) is 2.73. The normalized spacial score (nSPS) is 10.6. The molecule has 2 nitrogen and oxygen atoms in total. The molecule has 0 aromatic rings. The van der Waals surface area contributed by atoms with Crippen LogP contribution in [0, 0.1) is 0 Å². The summed E-state index contributed by atoms with van der Waals surface area (Å²) >= 11 is 15.2. The van der Waals surface area contributed by atoms with E-state index in [1.165, 1.54) is 0 Å². The summed E-state index contributed by atoms with van der Waals surface area (Å²) in [5.41, 5.74) is 0. The fraction of sp³-hybridized carbons (Fsp3) is 0.250. The van der Waals surface area contributed by atoms with Gasteiger partial charge >= 0.3 is 5.97 Å². The molecule has 9 heavy (non-hydrogen) atoms. The fourth-order valence-corrected chi connectivity index (χ4v) is 0.413. The average Bonchev–Trinajstić information content (AvgIpc) is 1.86. The first-order chi connectivity index (χ1) is 4.04. The molecule has 0 rings (SSSR count). The molecule has 0 aromatic carbocycles. The van der Waals surface area contributed by atoms with Crippen LogP contribution < -0.4 is 0 Å². The zero-order chi connectivity index (χ0) is 7.49. The maximum atomic E-state index is 10.4. The molecule has 0 aliphatic heterocycles. The van der Waals surface area contributed by atoms with Crippen molar-refractivity contribution in [3.63, 3.8) is 0 Å². The van der Waals surface area contributed by atoms with E-state index in [1.807, 2.05) is 0 Å². The lowest BCUT2D eigenvalue weighted by molar-refractivity contribution is -0.133. The molecule has 0 heterocycles. The Bertz CT molecular complexity index is 132. The molecule has 0 saturated heterocycles. The quantitative estimate of drug-likeness (QED) is 0.491. The zero-order valence-corrected chi connectivity index (χ0v) is 6.50. The molecule has 0 fully saturated rings. The summed E-state index contributed by atoms with van der Waals surface area (Å²) in [4.78, 5) is 10.4. The SMILES string of the molecule is C=CC(Cl)(Cl)C(=O)OCl. The van der Waals surface area contributed by atoms with Crippen molar-refractivity contribution in [3.8, 4) is 0 Å². The van der Waals surface area contributed by atoms with E-state index >= 15 is 0 Å². The fourth-order valence-electron chi connectivity index (χ4n) is 0.135. The first-order valence-corrected chi connectivity index (χ1v) is 2.95. The van der Waals surface area contributed by atoms with Gasteiger partial charge in [0, 0.05) is 0 Å². The largest absolute Gasteiger partial charge is 0.364 e. The molecule has 0 radical (unpaired) electrons. The van der Waals surface area contributed by atoms with Crippen molar-refractivity contribution >= 4 is 41.0 Å². The molecule has 0 aliphatic rings. The summed E-state index contributed by atoms with van der Waals surface area (Å²) in [6.45, 7) is 3.18. The van der Waals surface area contributed by atoms with E-state index in [1.54, 1.807) is 0 Å². The van der Waals surface area contributed by atoms with Gasteiger partial charge in [-0.3, -0.25) is 0 Å². The average molecular weight is 189 g/mol. The van der Waals surface area contributed by atoms with Gasteiger partial charge in [0.2, 0.25) is 4.33 Å². The van der Waals surface area contributed by atoms with Crippen molar-refractivity contribution in [2.24, 2.45) is 0 Å². The van der Waals surface area contributed by atoms with E-state index in [2.05, 4.69) is 22.7 Å². The minimum absolute atomic E-state index is 0.956. The predicted molar refractivity (Wildman–Crippen MR) is 36.6 cm³/mol. The van der Waals surface area contributed by atoms with Gasteiger partial charge in [-0.1, -0.05) is 29.8 Å². The van der Waals surface area contributed by atoms with Gasteiger partial charge in [0.25, 0.3) is 0 Å². The number of carbonyl (C=O) groups excluding carboxylic acids is 1. The highest BCUT2D eigenvalue weighted by atomic mass is 35.5. The van der Waals surface area contributed by atoms with Crippen LogP contribution in [0.15, 0.2) is 12.7 Å². The van der Waals surface area contributed by atoms with Gasteiger partial charge in [-0.25, -0.2) is 4.79 Å². The third-order valence-electron chi connectivity index (χ3n) is 0.599. The highest BCUT2D eigenvalue weighted by Crippen LogP contribution is 2.23. The molecule has 0 aromatic heterocycles. The van der Waals surface area contributed by atoms with Crippen molar-refractivity contribution in [1.29, 1.82) is 0 Å². The van der Waals surface area contributed by atoms with E-state index in [4.69, 9.17) is 23.2 Å². The third kappa shape index (κ3) is 2.43. The minimum Gasteiger partial charge on any atom is -0.344 e. The van der Waals surface area contributed by atoms with Crippen molar-refractivity contribution in [2.45, 2.75) is 4.33 Å². The lowest BCUT2D eigenvalue weighted by Crippen LogP contribution is -2.22. The Morgan fingerprint density at radius 2 is 2.11 bits per heavy atom. The molecule has 0 bridgehead atoms. The predicted octanol–water partition coefficient (Wildman–Crippen LogP) is 2.04. The summed E-state index contributed by atoms with van der Waals surface area (Å²) in [7, 11) is 0. The van der Waals surface area contributed by atoms with Crippen LogP contribution in [0.2, 0.25) is 0 Å². The molecule has 0 atom stereocenters. The smallest absolute Gasteiger partial charge is 0.344 e. The molecule has 0 aliphatic carbocycles. The summed E-state index contributed by atoms with van der Waals surface area (Å²) in [5, 5.41) is 0. The molecule has 5 heteroatoms. The highest BCUT2D eigenvalue weighted by Gasteiger charge is 2.31. The van der Waals surface area contributed by atoms with Crippen LogP contribution in [0.3, 0.4) is 0 Å². The Morgan fingerprint density at radius 3 is 2.22 bits per heavy atom. The van der Waals surface area contributed by atoms with Crippen molar-refractivity contribution in [3.05, 3.63) is 12.7 Å². The van der Waals surface area contributed by atoms with E-state index in [0.717, 1.165) is 6.08 Å². The van der Waals surface area contributed by atoms with Crippen molar-refractivity contribution in [1.82, 2.24) is 0 Å². The molecule has 0 saturated carbocycles. The Balaban J connectivity index is 4.14. The number of hydrogen-bond donors (Lipinski definition) is 0. The Labute approximate surface area is 67.5 Å². The molecule has 0 unspecified atom stereocenters. The topological polar surface area (TPSA) is 26.3 Å². The van der Waals surface area contributed by atoms with Crippen LogP contribution in [0.4, 0.5) is 0 Å². The summed E-state index contributed by atoms with van der Waals surface area (Å²) in [5.74, 6) is -0.956. The molecule has 0 spiro atoms. The van der Waals surface area contributed by atoms with Crippen molar-refractivity contribution < 1.29 is 9.08 Å². The first kappa shape index (κ1) is 9.08. The molecule has 52 valence electrons. The van der Waals surface area contributed by atoms with Gasteiger partial charge in [-0.15, -0.1) is 0 Å². The van der Waals surface area contributed by atoms with Gasteiger partial charge in [-0.05, 0) is 6.08 Å². The van der Waals surface area contributed by atoms with E-state index in [0.29, 0.717) is 0 Å². The van der Waals surface area contributed by atoms with Crippen LogP contribution in [0.5, 0.6) is 0 Å². The summed E-state index contributed by atoms with van der Waals surface area (Å²) in [6.07, 6.45) is 1.01. The Hall–Kier alpha value is 0.0800. The molecular formula is C4H3Cl3O2. The van der Waals surface area contributed by atoms with Crippen LogP contribution in [-0.4, -0.2) is 10.3 Å². The first-order valence-electron chi connectivity index (χ1n) is 1.89. The van der Waals surface area contributed by atoms with Gasteiger partial charge in [0.15, 0.2) is 0 Å². The molecule has 0 N–H and O–H groups in total. The van der Waals surface area contributed by atoms with Gasteiger partial charge < -0.3 is 4.29 Å². The van der Waals surface area contributed by atoms with Crippen LogP contribution in [0.1, 0.15) is 0 Å². The number of carbonyl (C=O) groups is 1. The molecular weight excluding hydrogens is 186 g/mol. The van der Waals surface area contributed by atoms with Crippen LogP contribution in [-0.2, 0) is 9.08 Å². The second-order valence-electron chi connectivity index (χ2n) is 1.19. The van der Waals surface area contributed by atoms with E-state index < -0.39 is 10.3 Å². The number of hydrogen-bond acceptors (Lipinski definition) is 2. The van der Waals surface area contributed by atoms with E-state index in [-0.39, 0.29) is 0 Å². The lowest BCUT2D eigenvalue weighted by atomic mass is 10.4. The third-order valence-corrected chi connectivity index (χ3v) is 1.36.